The van der Waals surface area contributed by atoms with Gasteiger partial charge in [-0.2, -0.15) is 0 Å². The van der Waals surface area contributed by atoms with Crippen LogP contribution in [0, 0.1) is 0 Å². The number of hydrogen-bond acceptors (Lipinski definition) is 5. The third kappa shape index (κ3) is 3.56. The van der Waals surface area contributed by atoms with Gasteiger partial charge < -0.3 is 10.2 Å². The van der Waals surface area contributed by atoms with Crippen molar-refractivity contribution in [2.24, 2.45) is 5.73 Å². The van der Waals surface area contributed by atoms with Crippen molar-refractivity contribution in [1.29, 1.82) is 0 Å². The third-order valence-corrected chi connectivity index (χ3v) is 2.72. The van der Waals surface area contributed by atoms with E-state index in [0.717, 1.165) is 0 Å². The molecule has 72 valence electrons. The molecule has 1 rings (SSSR count). The fourth-order valence-electron chi connectivity index (χ4n) is 0.541. The van der Waals surface area contributed by atoms with Crippen molar-refractivity contribution in [3.05, 3.63) is 16.5 Å². The van der Waals surface area contributed by atoms with E-state index >= 15 is 0 Å². The molecule has 1 heterocycles. The Morgan fingerprint density at radius 1 is 1.62 bits per heavy atom. The van der Waals surface area contributed by atoms with E-state index in [4.69, 9.17) is 33.4 Å². The summed E-state index contributed by atoms with van der Waals surface area (Å²) in [6.45, 7) is 0.243. The highest BCUT2D eigenvalue weighted by molar-refractivity contribution is 7.99. The summed E-state index contributed by atoms with van der Waals surface area (Å²) in [5, 5.41) is 8.38. The number of rotatable bonds is 4. The zero-order chi connectivity index (χ0) is 9.68. The summed E-state index contributed by atoms with van der Waals surface area (Å²) < 4.78 is 5.11. The molecule has 0 aliphatic carbocycles. The fraction of sp³-hybridized carbons (Fsp3) is 0.333. The Morgan fingerprint density at radius 3 is 2.92 bits per heavy atom. The van der Waals surface area contributed by atoms with Crippen LogP contribution in [-0.4, -0.2) is 16.0 Å². The third-order valence-electron chi connectivity index (χ3n) is 1.07. The molecule has 0 saturated heterocycles. The highest BCUT2D eigenvalue weighted by Crippen LogP contribution is 2.20. The summed E-state index contributed by atoms with van der Waals surface area (Å²) >= 11 is 12.3. The molecular formula is C6H7Cl2N3OS. The van der Waals surface area contributed by atoms with Crippen molar-refractivity contribution in [2.45, 2.75) is 11.8 Å². The number of thioether (sulfide) groups is 1. The molecule has 1 aromatic rings. The van der Waals surface area contributed by atoms with Gasteiger partial charge in [0.25, 0.3) is 5.22 Å². The summed E-state index contributed by atoms with van der Waals surface area (Å²) in [5.41, 5.74) is 6.58. The lowest BCUT2D eigenvalue weighted by Gasteiger charge is -1.91. The van der Waals surface area contributed by atoms with Gasteiger partial charge in [-0.1, -0.05) is 35.0 Å². The van der Waals surface area contributed by atoms with Gasteiger partial charge >= 0.3 is 0 Å². The molecule has 0 aliphatic rings. The highest BCUT2D eigenvalue weighted by Gasteiger charge is 2.05. The number of nitrogens with two attached hydrogens (primary N) is 1. The second kappa shape index (κ2) is 5.49. The molecule has 0 aliphatic heterocycles. The van der Waals surface area contributed by atoms with Gasteiger partial charge in [-0.15, -0.1) is 10.2 Å². The van der Waals surface area contributed by atoms with Crippen LogP contribution in [0.15, 0.2) is 20.2 Å². The first-order valence-corrected chi connectivity index (χ1v) is 5.16. The minimum absolute atomic E-state index is 0.243. The fourth-order valence-corrected chi connectivity index (χ4v) is 1.47. The first kappa shape index (κ1) is 10.8. The molecule has 13 heavy (non-hydrogen) atoms. The van der Waals surface area contributed by atoms with Gasteiger partial charge in [0.1, 0.15) is 0 Å². The Labute approximate surface area is 89.5 Å². The van der Waals surface area contributed by atoms with Gasteiger partial charge in [-0.3, -0.25) is 0 Å². The summed E-state index contributed by atoms with van der Waals surface area (Å²) in [5.74, 6) is 0.922. The van der Waals surface area contributed by atoms with E-state index in [1.807, 2.05) is 0 Å². The Morgan fingerprint density at radius 2 is 2.38 bits per heavy atom. The van der Waals surface area contributed by atoms with Gasteiger partial charge in [0.2, 0.25) is 5.89 Å². The molecule has 4 nitrogen and oxygen atoms in total. The van der Waals surface area contributed by atoms with E-state index in [2.05, 4.69) is 10.2 Å². The van der Waals surface area contributed by atoms with Crippen molar-refractivity contribution in [2.75, 3.05) is 5.75 Å². The van der Waals surface area contributed by atoms with Crippen LogP contribution in [0.2, 0.25) is 0 Å². The SMILES string of the molecule is NCc1nnc(SCC(Cl)=CCl)o1. The lowest BCUT2D eigenvalue weighted by atomic mass is 10.7. The first-order valence-electron chi connectivity index (χ1n) is 3.36. The molecule has 0 radical (unpaired) electrons. The molecule has 1 aromatic heterocycles. The lowest BCUT2D eigenvalue weighted by molar-refractivity contribution is 0.415. The summed E-state index contributed by atoms with van der Waals surface area (Å²) in [6, 6.07) is 0. The van der Waals surface area contributed by atoms with Crippen molar-refractivity contribution >= 4 is 35.0 Å². The van der Waals surface area contributed by atoms with Crippen molar-refractivity contribution in [3.63, 3.8) is 0 Å². The zero-order valence-corrected chi connectivity index (χ0v) is 8.86. The predicted molar refractivity (Wildman–Crippen MR) is 52.7 cm³/mol. The lowest BCUT2D eigenvalue weighted by Crippen LogP contribution is -1.95. The van der Waals surface area contributed by atoms with Gasteiger partial charge in [0.15, 0.2) is 0 Å². The van der Waals surface area contributed by atoms with E-state index in [1.165, 1.54) is 17.3 Å². The second-order valence-corrected chi connectivity index (χ2v) is 3.64. The molecule has 0 atom stereocenters. The molecule has 2 N–H and O–H groups in total. The van der Waals surface area contributed by atoms with Crippen LogP contribution in [0.1, 0.15) is 5.89 Å². The molecule has 0 aromatic carbocycles. The Kier molecular flexibility index (Phi) is 4.58. The monoisotopic (exact) mass is 239 g/mol. The zero-order valence-electron chi connectivity index (χ0n) is 6.54. The Balaban J connectivity index is 2.45. The quantitative estimate of drug-likeness (QED) is 0.814. The topological polar surface area (TPSA) is 64.9 Å². The minimum Gasteiger partial charge on any atom is -0.415 e. The van der Waals surface area contributed by atoms with Crippen LogP contribution in [0.5, 0.6) is 0 Å². The summed E-state index contributed by atoms with van der Waals surface area (Å²) in [7, 11) is 0. The molecular weight excluding hydrogens is 233 g/mol. The number of nitrogens with zero attached hydrogens (tertiary/aromatic N) is 2. The molecule has 0 saturated carbocycles. The van der Waals surface area contributed by atoms with Gasteiger partial charge in [0.05, 0.1) is 6.54 Å². The number of aromatic nitrogens is 2. The van der Waals surface area contributed by atoms with Crippen LogP contribution in [0.3, 0.4) is 0 Å². The van der Waals surface area contributed by atoms with E-state index in [9.17, 15) is 0 Å². The molecule has 0 amide bonds. The summed E-state index contributed by atoms with van der Waals surface area (Å²) in [4.78, 5) is 0. The molecule has 0 fully saturated rings. The second-order valence-electron chi connectivity index (χ2n) is 2.01. The standard InChI is InChI=1S/C6H7Cl2N3OS/c7-1-4(8)3-13-6-11-10-5(2-9)12-6/h1H,2-3,9H2. The van der Waals surface area contributed by atoms with Crippen LogP contribution in [-0.2, 0) is 6.54 Å². The van der Waals surface area contributed by atoms with Crippen LogP contribution in [0.4, 0.5) is 0 Å². The Hall–Kier alpha value is -0.230. The average molecular weight is 240 g/mol. The first-order chi connectivity index (χ1) is 6.26. The van der Waals surface area contributed by atoms with Crippen LogP contribution >= 0.6 is 35.0 Å². The van der Waals surface area contributed by atoms with Gasteiger partial charge in [0, 0.05) is 16.3 Å². The summed E-state index contributed by atoms with van der Waals surface area (Å²) in [6.07, 6.45) is 0. The van der Waals surface area contributed by atoms with Crippen LogP contribution < -0.4 is 5.73 Å². The highest BCUT2D eigenvalue weighted by atomic mass is 35.5. The van der Waals surface area contributed by atoms with E-state index < -0.39 is 0 Å². The van der Waals surface area contributed by atoms with E-state index in [0.29, 0.717) is 21.9 Å². The number of halogens is 2. The van der Waals surface area contributed by atoms with Crippen molar-refractivity contribution in [3.8, 4) is 0 Å². The maximum absolute atomic E-state index is 5.65. The molecule has 7 heteroatoms. The Bertz CT molecular complexity index is 302. The van der Waals surface area contributed by atoms with Crippen molar-refractivity contribution in [1.82, 2.24) is 10.2 Å². The molecule has 0 bridgehead atoms. The van der Waals surface area contributed by atoms with E-state index in [-0.39, 0.29) is 6.54 Å². The molecule has 0 unspecified atom stereocenters. The normalized spacial score (nSPS) is 12.1. The van der Waals surface area contributed by atoms with Gasteiger partial charge in [-0.05, 0) is 0 Å². The number of hydrogen-bond donors (Lipinski definition) is 1. The van der Waals surface area contributed by atoms with E-state index in [1.54, 1.807) is 0 Å². The predicted octanol–water partition coefficient (Wildman–Crippen LogP) is 1.94. The smallest absolute Gasteiger partial charge is 0.276 e. The molecule has 0 spiro atoms. The van der Waals surface area contributed by atoms with Crippen LogP contribution in [0.25, 0.3) is 0 Å². The average Bonchev–Trinajstić information content (AvgIpc) is 2.61. The maximum Gasteiger partial charge on any atom is 0.276 e. The largest absolute Gasteiger partial charge is 0.415 e. The van der Waals surface area contributed by atoms with Crippen molar-refractivity contribution < 1.29 is 4.42 Å². The van der Waals surface area contributed by atoms with Gasteiger partial charge in [-0.25, -0.2) is 0 Å². The minimum atomic E-state index is 0.243. The maximum atomic E-state index is 5.65.